The minimum absolute atomic E-state index is 0.0194. The van der Waals surface area contributed by atoms with Crippen molar-refractivity contribution in [1.82, 2.24) is 10.2 Å². The molecule has 0 fully saturated rings. The monoisotopic (exact) mass is 482 g/mol. The first-order valence-corrected chi connectivity index (χ1v) is 11.2. The Morgan fingerprint density at radius 2 is 1.75 bits per heavy atom. The van der Waals surface area contributed by atoms with Crippen LogP contribution in [0.2, 0.25) is 0 Å². The summed E-state index contributed by atoms with van der Waals surface area (Å²) in [6, 6.07) is 26.8. The van der Waals surface area contributed by atoms with Crippen LogP contribution in [0.15, 0.2) is 96.0 Å². The number of nitrogens with two attached hydrogens (primary N) is 2. The molecule has 9 heteroatoms. The van der Waals surface area contributed by atoms with E-state index >= 15 is 0 Å². The molecule has 0 amide bonds. The summed E-state index contributed by atoms with van der Waals surface area (Å²) < 4.78 is 10.8. The Kier molecular flexibility index (Phi) is 7.84. The Morgan fingerprint density at radius 1 is 0.972 bits per heavy atom. The molecule has 9 nitrogen and oxygen atoms in total. The van der Waals surface area contributed by atoms with Gasteiger partial charge in [-0.2, -0.15) is 4.99 Å². The lowest BCUT2D eigenvalue weighted by Crippen LogP contribution is -2.23. The Hall–Kier alpha value is -4.76. The predicted octanol–water partition coefficient (Wildman–Crippen LogP) is 4.21. The number of guanidine groups is 1. The van der Waals surface area contributed by atoms with Gasteiger partial charge in [0.15, 0.2) is 17.5 Å². The molecular formula is C27H26N6O3. The second-order valence-electron chi connectivity index (χ2n) is 7.82. The van der Waals surface area contributed by atoms with E-state index in [2.05, 4.69) is 20.5 Å². The van der Waals surface area contributed by atoms with Gasteiger partial charge in [0.2, 0.25) is 0 Å². The molecule has 0 radical (unpaired) electrons. The number of nitrogens with zero attached hydrogens (tertiary/aromatic N) is 3. The van der Waals surface area contributed by atoms with Gasteiger partial charge in [-0.15, -0.1) is 10.2 Å². The first kappa shape index (κ1) is 24.4. The summed E-state index contributed by atoms with van der Waals surface area (Å²) in [5.74, 6) is 0.869. The van der Waals surface area contributed by atoms with Crippen LogP contribution in [-0.2, 0) is 4.79 Å². The molecular weight excluding hydrogens is 456 g/mol. The number of methoxy groups -OCH3 is 1. The van der Waals surface area contributed by atoms with Crippen LogP contribution < -0.4 is 26.3 Å². The van der Waals surface area contributed by atoms with Gasteiger partial charge in [0, 0.05) is 11.6 Å². The van der Waals surface area contributed by atoms with Crippen LogP contribution in [0.25, 0.3) is 11.3 Å². The van der Waals surface area contributed by atoms with E-state index in [0.29, 0.717) is 23.0 Å². The van der Waals surface area contributed by atoms with Gasteiger partial charge in [0.05, 0.1) is 24.9 Å². The lowest BCUT2D eigenvalue weighted by Gasteiger charge is -2.14. The summed E-state index contributed by atoms with van der Waals surface area (Å²) >= 11 is 0. The Labute approximate surface area is 208 Å². The van der Waals surface area contributed by atoms with Gasteiger partial charge in [-0.3, -0.25) is 4.79 Å². The van der Waals surface area contributed by atoms with Crippen LogP contribution in [0.5, 0.6) is 11.5 Å². The number of esters is 1. The third kappa shape index (κ3) is 6.43. The van der Waals surface area contributed by atoms with Gasteiger partial charge >= 0.3 is 5.97 Å². The first-order valence-electron chi connectivity index (χ1n) is 11.2. The molecule has 0 aliphatic heterocycles. The lowest BCUT2D eigenvalue weighted by atomic mass is 10.0. The van der Waals surface area contributed by atoms with E-state index in [9.17, 15) is 4.79 Å². The average molecular weight is 483 g/mol. The molecule has 1 heterocycles. The molecule has 1 aromatic heterocycles. The highest BCUT2D eigenvalue weighted by atomic mass is 16.5. The van der Waals surface area contributed by atoms with E-state index in [-0.39, 0.29) is 12.4 Å². The van der Waals surface area contributed by atoms with Crippen molar-refractivity contribution in [2.75, 3.05) is 12.4 Å². The number of anilines is 1. The topological polar surface area (TPSA) is 138 Å². The second kappa shape index (κ2) is 11.6. The molecule has 1 atom stereocenters. The number of nitrogens with one attached hydrogen (secondary N) is 1. The third-order valence-electron chi connectivity index (χ3n) is 5.24. The SMILES string of the molecule is COc1cccc(C(N)CC(=O)Oc2ccccc2NC(N)=Nc2ccc(-c3ccccc3)nn2)c1. The maximum atomic E-state index is 12.6. The number of para-hydroxylation sites is 2. The van der Waals surface area contributed by atoms with E-state index in [1.54, 1.807) is 43.5 Å². The second-order valence-corrected chi connectivity index (χ2v) is 7.82. The fraction of sp³-hybridized carbons (Fsp3) is 0.111. The molecule has 0 aliphatic rings. The largest absolute Gasteiger partial charge is 0.497 e. The van der Waals surface area contributed by atoms with Gasteiger partial charge in [-0.25, -0.2) is 0 Å². The van der Waals surface area contributed by atoms with Crippen molar-refractivity contribution in [3.63, 3.8) is 0 Å². The average Bonchev–Trinajstić information content (AvgIpc) is 2.90. The number of benzene rings is 3. The van der Waals surface area contributed by atoms with Gasteiger partial charge in [-0.05, 0) is 42.0 Å². The third-order valence-corrected chi connectivity index (χ3v) is 5.24. The summed E-state index contributed by atoms with van der Waals surface area (Å²) in [7, 11) is 1.57. The normalized spacial score (nSPS) is 12.0. The van der Waals surface area contributed by atoms with E-state index in [0.717, 1.165) is 16.8 Å². The molecule has 3 aromatic carbocycles. The first-order chi connectivity index (χ1) is 17.5. The zero-order valence-electron chi connectivity index (χ0n) is 19.7. The van der Waals surface area contributed by atoms with E-state index in [1.807, 2.05) is 54.6 Å². The van der Waals surface area contributed by atoms with Crippen molar-refractivity contribution in [2.45, 2.75) is 12.5 Å². The molecule has 0 spiro atoms. The smallest absolute Gasteiger partial charge is 0.313 e. The highest BCUT2D eigenvalue weighted by molar-refractivity contribution is 5.95. The molecule has 36 heavy (non-hydrogen) atoms. The summed E-state index contributed by atoms with van der Waals surface area (Å²) in [6.07, 6.45) is -0.0194. The van der Waals surface area contributed by atoms with Gasteiger partial charge < -0.3 is 26.3 Å². The highest BCUT2D eigenvalue weighted by Gasteiger charge is 2.16. The highest BCUT2D eigenvalue weighted by Crippen LogP contribution is 2.26. The summed E-state index contributed by atoms with van der Waals surface area (Å²) in [5, 5.41) is 11.3. The molecule has 0 saturated heterocycles. The van der Waals surface area contributed by atoms with Crippen LogP contribution in [0, 0.1) is 0 Å². The Morgan fingerprint density at radius 3 is 2.50 bits per heavy atom. The predicted molar refractivity (Wildman–Crippen MR) is 139 cm³/mol. The van der Waals surface area contributed by atoms with Crippen molar-refractivity contribution < 1.29 is 14.3 Å². The zero-order chi connectivity index (χ0) is 25.3. The summed E-state index contributed by atoms with van der Waals surface area (Å²) in [6.45, 7) is 0. The van der Waals surface area contributed by atoms with Crippen molar-refractivity contribution in [3.05, 3.63) is 96.6 Å². The maximum Gasteiger partial charge on any atom is 0.313 e. The van der Waals surface area contributed by atoms with Crippen LogP contribution in [0.1, 0.15) is 18.0 Å². The van der Waals surface area contributed by atoms with Gasteiger partial charge in [0.25, 0.3) is 0 Å². The van der Waals surface area contributed by atoms with Crippen molar-refractivity contribution >= 4 is 23.4 Å². The van der Waals surface area contributed by atoms with Crippen LogP contribution >= 0.6 is 0 Å². The standard InChI is InChI=1S/C27H26N6O3/c1-35-20-11-7-10-19(16-20)21(28)17-26(34)36-24-13-6-5-12-23(24)30-27(29)31-25-15-14-22(32-33-25)18-8-3-2-4-9-18/h2-16,21H,17,28H2,1H3,(H3,29,30,31,33). The number of carbonyl (C=O) groups excluding carboxylic acids is 1. The summed E-state index contributed by atoms with van der Waals surface area (Å²) in [5.41, 5.74) is 15.2. The lowest BCUT2D eigenvalue weighted by molar-refractivity contribution is -0.134. The van der Waals surface area contributed by atoms with Gasteiger partial charge in [-0.1, -0.05) is 54.6 Å². The van der Waals surface area contributed by atoms with E-state index in [1.165, 1.54) is 0 Å². The number of hydrogen-bond acceptors (Lipinski definition) is 7. The number of ether oxygens (including phenoxy) is 2. The fourth-order valence-corrected chi connectivity index (χ4v) is 3.43. The number of aromatic nitrogens is 2. The molecule has 4 rings (SSSR count). The number of carbonyl (C=O) groups is 1. The zero-order valence-corrected chi connectivity index (χ0v) is 19.7. The van der Waals surface area contributed by atoms with Crippen molar-refractivity contribution in [3.8, 4) is 22.8 Å². The molecule has 182 valence electrons. The quantitative estimate of drug-likeness (QED) is 0.147. The number of hydrogen-bond donors (Lipinski definition) is 3. The molecule has 0 saturated carbocycles. The fourth-order valence-electron chi connectivity index (χ4n) is 3.43. The summed E-state index contributed by atoms with van der Waals surface area (Å²) in [4.78, 5) is 16.8. The molecule has 0 aliphatic carbocycles. The molecule has 5 N–H and O–H groups in total. The van der Waals surface area contributed by atoms with Crippen molar-refractivity contribution in [2.24, 2.45) is 16.5 Å². The minimum atomic E-state index is -0.545. The molecule has 1 unspecified atom stereocenters. The van der Waals surface area contributed by atoms with Crippen molar-refractivity contribution in [1.29, 1.82) is 0 Å². The molecule has 4 aromatic rings. The Bertz CT molecular complexity index is 1340. The van der Waals surface area contributed by atoms with Crippen LogP contribution in [-0.4, -0.2) is 29.2 Å². The minimum Gasteiger partial charge on any atom is -0.497 e. The molecule has 0 bridgehead atoms. The van der Waals surface area contributed by atoms with E-state index < -0.39 is 12.0 Å². The van der Waals surface area contributed by atoms with Gasteiger partial charge in [0.1, 0.15) is 5.75 Å². The number of rotatable bonds is 8. The van der Waals surface area contributed by atoms with Crippen LogP contribution in [0.3, 0.4) is 0 Å². The van der Waals surface area contributed by atoms with Crippen LogP contribution in [0.4, 0.5) is 11.5 Å². The van der Waals surface area contributed by atoms with E-state index in [4.69, 9.17) is 20.9 Å². The Balaban J connectivity index is 1.40. The maximum absolute atomic E-state index is 12.6. The number of aliphatic imine (C=N–C) groups is 1.